The Morgan fingerprint density at radius 2 is 2.00 bits per heavy atom. The Kier molecular flexibility index (Phi) is 3.94. The van der Waals surface area contributed by atoms with Crippen LogP contribution in [0.15, 0.2) is 18.2 Å². The molecule has 0 saturated carbocycles. The molecule has 0 spiro atoms. The van der Waals surface area contributed by atoms with E-state index in [1.54, 1.807) is 12.1 Å². The van der Waals surface area contributed by atoms with Crippen molar-refractivity contribution in [3.8, 4) is 0 Å². The van der Waals surface area contributed by atoms with Gasteiger partial charge in [0.1, 0.15) is 5.82 Å². The second kappa shape index (κ2) is 5.70. The minimum atomic E-state index is -0.129. The lowest BCUT2D eigenvalue weighted by molar-refractivity contribution is 0.254. The molecule has 4 heteroatoms. The maximum Gasteiger partial charge on any atom is 0.125 e. The number of halogens is 1. The van der Waals surface area contributed by atoms with Gasteiger partial charge in [0.25, 0.3) is 0 Å². The van der Waals surface area contributed by atoms with Crippen LogP contribution in [-0.4, -0.2) is 44.2 Å². The van der Waals surface area contributed by atoms with Crippen molar-refractivity contribution < 1.29 is 4.39 Å². The van der Waals surface area contributed by atoms with Gasteiger partial charge in [-0.15, -0.1) is 0 Å². The van der Waals surface area contributed by atoms with Gasteiger partial charge < -0.3 is 10.2 Å². The maximum atomic E-state index is 13.8. The van der Waals surface area contributed by atoms with Crippen LogP contribution in [-0.2, 0) is 6.54 Å². The first kappa shape index (κ1) is 13.8. The topological polar surface area (TPSA) is 18.5 Å². The average Bonchev–Trinajstić information content (AvgIpc) is 2.62. The van der Waals surface area contributed by atoms with Crippen molar-refractivity contribution in [2.24, 2.45) is 0 Å². The summed E-state index contributed by atoms with van der Waals surface area (Å²) >= 11 is 0. The van der Waals surface area contributed by atoms with E-state index in [2.05, 4.69) is 28.2 Å². The summed E-state index contributed by atoms with van der Waals surface area (Å²) in [4.78, 5) is 4.89. The highest BCUT2D eigenvalue weighted by Crippen LogP contribution is 2.31. The Hall–Kier alpha value is -1.13. The summed E-state index contributed by atoms with van der Waals surface area (Å²) in [5.41, 5.74) is 2.06. The van der Waals surface area contributed by atoms with Crippen molar-refractivity contribution in [3.63, 3.8) is 0 Å². The van der Waals surface area contributed by atoms with E-state index in [0.29, 0.717) is 12.6 Å². The van der Waals surface area contributed by atoms with Crippen molar-refractivity contribution in [3.05, 3.63) is 29.6 Å². The summed E-state index contributed by atoms with van der Waals surface area (Å²) in [7, 11) is 4.13. The zero-order valence-corrected chi connectivity index (χ0v) is 12.4. The van der Waals surface area contributed by atoms with Gasteiger partial charge in [0, 0.05) is 37.4 Å². The maximum absolute atomic E-state index is 13.8. The fourth-order valence-electron chi connectivity index (χ4n) is 3.67. The van der Waals surface area contributed by atoms with Crippen molar-refractivity contribution in [2.75, 3.05) is 32.1 Å². The second-order valence-electron chi connectivity index (χ2n) is 6.13. The monoisotopic (exact) mass is 277 g/mol. The largest absolute Gasteiger partial charge is 0.370 e. The third-order valence-corrected chi connectivity index (χ3v) is 4.84. The van der Waals surface area contributed by atoms with Gasteiger partial charge in [-0.1, -0.05) is 0 Å². The lowest BCUT2D eigenvalue weighted by Gasteiger charge is -2.28. The van der Waals surface area contributed by atoms with E-state index in [1.807, 2.05) is 7.05 Å². The Labute approximate surface area is 120 Å². The van der Waals surface area contributed by atoms with Crippen LogP contribution in [0.2, 0.25) is 0 Å². The van der Waals surface area contributed by atoms with E-state index in [9.17, 15) is 4.39 Å². The van der Waals surface area contributed by atoms with Crippen LogP contribution >= 0.6 is 0 Å². The highest BCUT2D eigenvalue weighted by Gasteiger charge is 2.34. The van der Waals surface area contributed by atoms with E-state index in [-0.39, 0.29) is 5.82 Å². The summed E-state index contributed by atoms with van der Waals surface area (Å²) in [5.74, 6) is -0.129. The number of fused-ring (bicyclic) bond motifs is 2. The van der Waals surface area contributed by atoms with Gasteiger partial charge in [-0.05, 0) is 57.1 Å². The molecule has 2 heterocycles. The van der Waals surface area contributed by atoms with Crippen molar-refractivity contribution in [2.45, 2.75) is 37.9 Å². The molecule has 2 fully saturated rings. The van der Waals surface area contributed by atoms with Crippen molar-refractivity contribution in [1.82, 2.24) is 10.2 Å². The zero-order chi connectivity index (χ0) is 14.1. The standard InChI is InChI=1S/C16H24FN3/c1-18-10-12-7-13(17)9-16(8-12)20-6-5-14-3-4-15(11-20)19(14)2/h7-9,14-15,18H,3-6,10-11H2,1-2H3. The molecule has 2 saturated heterocycles. The molecule has 1 N–H and O–H groups in total. The number of likely N-dealkylation sites (N-methyl/N-ethyl adjacent to an activating group) is 1. The molecule has 2 aliphatic heterocycles. The summed E-state index contributed by atoms with van der Waals surface area (Å²) in [6.07, 6.45) is 3.78. The van der Waals surface area contributed by atoms with Crippen LogP contribution in [0.3, 0.4) is 0 Å². The number of hydrogen-bond acceptors (Lipinski definition) is 3. The Morgan fingerprint density at radius 3 is 2.80 bits per heavy atom. The van der Waals surface area contributed by atoms with E-state index < -0.39 is 0 Å². The molecule has 0 radical (unpaired) electrons. The molecule has 110 valence electrons. The minimum Gasteiger partial charge on any atom is -0.370 e. The van der Waals surface area contributed by atoms with Gasteiger partial charge in [-0.2, -0.15) is 0 Å². The van der Waals surface area contributed by atoms with Gasteiger partial charge in [0.05, 0.1) is 0 Å². The first-order valence-corrected chi connectivity index (χ1v) is 7.58. The number of rotatable bonds is 3. The van der Waals surface area contributed by atoms with E-state index in [1.165, 1.54) is 19.3 Å². The van der Waals surface area contributed by atoms with Gasteiger partial charge in [-0.25, -0.2) is 4.39 Å². The van der Waals surface area contributed by atoms with Crippen LogP contribution in [0, 0.1) is 5.82 Å². The quantitative estimate of drug-likeness (QED) is 0.914. The summed E-state index contributed by atoms with van der Waals surface area (Å²) in [5, 5.41) is 3.09. The third kappa shape index (κ3) is 2.67. The van der Waals surface area contributed by atoms with Gasteiger partial charge in [-0.3, -0.25) is 4.90 Å². The predicted molar refractivity (Wildman–Crippen MR) is 80.6 cm³/mol. The number of benzene rings is 1. The first-order valence-electron chi connectivity index (χ1n) is 7.58. The smallest absolute Gasteiger partial charge is 0.125 e. The van der Waals surface area contributed by atoms with Crippen molar-refractivity contribution in [1.29, 1.82) is 0 Å². The first-order chi connectivity index (χ1) is 9.67. The highest BCUT2D eigenvalue weighted by atomic mass is 19.1. The number of hydrogen-bond donors (Lipinski definition) is 1. The van der Waals surface area contributed by atoms with Gasteiger partial charge in [0.15, 0.2) is 0 Å². The highest BCUT2D eigenvalue weighted by molar-refractivity contribution is 5.49. The molecule has 3 rings (SSSR count). The van der Waals surface area contributed by atoms with Crippen molar-refractivity contribution >= 4 is 5.69 Å². The Bertz CT molecular complexity index is 477. The molecule has 2 aliphatic rings. The number of nitrogens with one attached hydrogen (secondary N) is 1. The molecule has 1 aromatic rings. The van der Waals surface area contributed by atoms with Crippen LogP contribution in [0.1, 0.15) is 24.8 Å². The lowest BCUT2D eigenvalue weighted by Crippen LogP contribution is -2.36. The summed E-state index contributed by atoms with van der Waals surface area (Å²) < 4.78 is 13.8. The molecule has 20 heavy (non-hydrogen) atoms. The molecule has 1 aromatic carbocycles. The van der Waals surface area contributed by atoms with E-state index >= 15 is 0 Å². The fraction of sp³-hybridized carbons (Fsp3) is 0.625. The molecule has 0 aliphatic carbocycles. The SMILES string of the molecule is CNCc1cc(F)cc(N2CCC3CCC(C2)N3C)c1. The normalized spacial score (nSPS) is 26.9. The van der Waals surface area contributed by atoms with Crippen LogP contribution in [0.25, 0.3) is 0 Å². The fourth-order valence-corrected chi connectivity index (χ4v) is 3.67. The molecule has 2 unspecified atom stereocenters. The van der Waals surface area contributed by atoms with Crippen LogP contribution in [0.4, 0.5) is 10.1 Å². The van der Waals surface area contributed by atoms with E-state index in [4.69, 9.17) is 0 Å². The minimum absolute atomic E-state index is 0.129. The molecule has 0 aromatic heterocycles. The second-order valence-corrected chi connectivity index (χ2v) is 6.13. The number of anilines is 1. The van der Waals surface area contributed by atoms with Crippen LogP contribution < -0.4 is 10.2 Å². The molecule has 2 bridgehead atoms. The van der Waals surface area contributed by atoms with Crippen LogP contribution in [0.5, 0.6) is 0 Å². The predicted octanol–water partition coefficient (Wildman–Crippen LogP) is 2.22. The average molecular weight is 277 g/mol. The molecular formula is C16H24FN3. The molecular weight excluding hydrogens is 253 g/mol. The zero-order valence-electron chi connectivity index (χ0n) is 12.4. The third-order valence-electron chi connectivity index (χ3n) is 4.84. The lowest BCUT2D eigenvalue weighted by atomic mass is 10.1. The van der Waals surface area contributed by atoms with E-state index in [0.717, 1.165) is 30.4 Å². The van der Waals surface area contributed by atoms with Gasteiger partial charge >= 0.3 is 0 Å². The van der Waals surface area contributed by atoms with Gasteiger partial charge in [0.2, 0.25) is 0 Å². The molecule has 2 atom stereocenters. The summed E-state index contributed by atoms with van der Waals surface area (Å²) in [6.45, 7) is 2.77. The Morgan fingerprint density at radius 1 is 1.20 bits per heavy atom. The molecule has 0 amide bonds. The number of nitrogens with zero attached hydrogens (tertiary/aromatic N) is 2. The summed E-state index contributed by atoms with van der Waals surface area (Å²) in [6, 6.07) is 6.76. The Balaban J connectivity index is 1.82. The molecule has 3 nitrogen and oxygen atoms in total.